The average Bonchev–Trinajstić information content (AvgIpc) is 2.56. The smallest absolute Gasteiger partial charge is 0.0137 e. The summed E-state index contributed by atoms with van der Waals surface area (Å²) in [4.78, 5) is 0. The van der Waals surface area contributed by atoms with Gasteiger partial charge in [-0.15, -0.1) is 0 Å². The summed E-state index contributed by atoms with van der Waals surface area (Å²) >= 11 is 0. The third-order valence-electron chi connectivity index (χ3n) is 7.33. The normalized spacial score (nSPS) is 75.6. The molecule has 0 amide bonds. The van der Waals surface area contributed by atoms with Crippen molar-refractivity contribution in [2.24, 2.45) is 47.3 Å². The van der Waals surface area contributed by atoms with Gasteiger partial charge in [0.2, 0.25) is 0 Å². The molecule has 7 saturated carbocycles. The number of hydrogen-bond donors (Lipinski definition) is 1. The third kappa shape index (κ3) is 0.574. The van der Waals surface area contributed by atoms with Crippen LogP contribution in [-0.4, -0.2) is 12.1 Å². The molecule has 1 heteroatoms. The van der Waals surface area contributed by atoms with Crippen LogP contribution in [0.2, 0.25) is 0 Å². The molecule has 7 aliphatic rings. The molecule has 0 aromatic rings. The van der Waals surface area contributed by atoms with E-state index >= 15 is 0 Å². The summed E-state index contributed by atoms with van der Waals surface area (Å²) in [6.07, 6.45) is 6.27. The minimum absolute atomic E-state index is 0.949. The van der Waals surface area contributed by atoms with E-state index in [9.17, 15) is 0 Å². The molecule has 0 aromatic heterocycles. The Morgan fingerprint density at radius 3 is 1.80 bits per heavy atom. The number of hydrogen-bond acceptors (Lipinski definition) is 1. The Hall–Kier alpha value is -0.0400. The van der Waals surface area contributed by atoms with Crippen LogP contribution in [0.15, 0.2) is 0 Å². The maximum atomic E-state index is 4.03. The molecule has 0 saturated heterocycles. The van der Waals surface area contributed by atoms with Crippen LogP contribution in [0.4, 0.5) is 0 Å². The maximum Gasteiger partial charge on any atom is 0.0137 e. The minimum Gasteiger partial charge on any atom is -0.311 e. The van der Waals surface area contributed by atoms with Crippen molar-refractivity contribution >= 4 is 0 Å². The molecule has 0 aliphatic heterocycles. The van der Waals surface area contributed by atoms with Crippen molar-refractivity contribution < 1.29 is 0 Å². The molecule has 15 heavy (non-hydrogen) atoms. The van der Waals surface area contributed by atoms with Crippen molar-refractivity contribution in [1.29, 1.82) is 0 Å². The average molecular weight is 201 g/mol. The third-order valence-corrected chi connectivity index (χ3v) is 7.33. The van der Waals surface area contributed by atoms with Crippen LogP contribution in [0, 0.1) is 47.3 Å². The molecular formula is C14H19N. The molecule has 0 aromatic carbocycles. The van der Waals surface area contributed by atoms with Crippen molar-refractivity contribution in [3.05, 3.63) is 0 Å². The summed E-state index contributed by atoms with van der Waals surface area (Å²) in [5.74, 6) is 9.59. The monoisotopic (exact) mass is 201 g/mol. The van der Waals surface area contributed by atoms with Gasteiger partial charge >= 0.3 is 0 Å². The van der Waals surface area contributed by atoms with E-state index in [4.69, 9.17) is 0 Å². The van der Waals surface area contributed by atoms with Crippen LogP contribution in [0.25, 0.3) is 0 Å². The summed E-state index contributed by atoms with van der Waals surface area (Å²) in [6, 6.07) is 1.95. The molecule has 7 aliphatic carbocycles. The molecule has 7 fully saturated rings. The fraction of sp³-hybridized carbons (Fsp3) is 1.00. The highest BCUT2D eigenvalue weighted by Crippen LogP contribution is 2.82. The van der Waals surface area contributed by atoms with E-state index in [1.165, 1.54) is 48.3 Å². The second kappa shape index (κ2) is 1.92. The van der Waals surface area contributed by atoms with Gasteiger partial charge in [0.05, 0.1) is 0 Å². The number of nitrogens with one attached hydrogen (secondary N) is 1. The Morgan fingerprint density at radius 2 is 1.27 bits per heavy atom. The molecule has 7 rings (SSSR count). The zero-order chi connectivity index (χ0) is 9.31. The van der Waals surface area contributed by atoms with E-state index in [0.29, 0.717) is 0 Å². The lowest BCUT2D eigenvalue weighted by Gasteiger charge is -2.33. The Kier molecular flexibility index (Phi) is 0.936. The van der Waals surface area contributed by atoms with Gasteiger partial charge in [0.15, 0.2) is 0 Å². The van der Waals surface area contributed by atoms with Gasteiger partial charge in [-0.05, 0) is 73.0 Å². The van der Waals surface area contributed by atoms with Crippen molar-refractivity contribution in [3.63, 3.8) is 0 Å². The maximum absolute atomic E-state index is 4.03. The first-order valence-electron chi connectivity index (χ1n) is 7.19. The topological polar surface area (TPSA) is 12.0 Å². The van der Waals surface area contributed by atoms with E-state index in [1.807, 2.05) is 0 Å². The lowest BCUT2D eigenvalue weighted by atomic mass is 9.71. The molecule has 1 unspecified atom stereocenters. The van der Waals surface area contributed by atoms with E-state index < -0.39 is 0 Å². The lowest BCUT2D eigenvalue weighted by Crippen LogP contribution is -2.36. The van der Waals surface area contributed by atoms with Crippen molar-refractivity contribution in [1.82, 2.24) is 5.32 Å². The molecule has 6 bridgehead atoms. The van der Waals surface area contributed by atoms with Crippen molar-refractivity contribution in [3.8, 4) is 0 Å². The van der Waals surface area contributed by atoms with Gasteiger partial charge in [0.25, 0.3) is 0 Å². The summed E-state index contributed by atoms with van der Waals surface area (Å²) < 4.78 is 0. The van der Waals surface area contributed by atoms with E-state index in [1.54, 1.807) is 12.8 Å². The fourth-order valence-electron chi connectivity index (χ4n) is 7.37. The lowest BCUT2D eigenvalue weighted by molar-refractivity contribution is 0.132. The van der Waals surface area contributed by atoms with Gasteiger partial charge in [0, 0.05) is 12.1 Å². The number of rotatable bonds is 2. The Balaban J connectivity index is 1.50. The molecule has 0 heterocycles. The zero-order valence-corrected chi connectivity index (χ0v) is 9.10. The summed E-state index contributed by atoms with van der Waals surface area (Å²) in [5.41, 5.74) is 0. The van der Waals surface area contributed by atoms with Crippen molar-refractivity contribution in [2.75, 3.05) is 0 Å². The second-order valence-corrected chi connectivity index (χ2v) is 7.40. The van der Waals surface area contributed by atoms with Gasteiger partial charge in [-0.1, -0.05) is 0 Å². The van der Waals surface area contributed by atoms with Gasteiger partial charge < -0.3 is 5.32 Å². The first kappa shape index (κ1) is 7.32. The second-order valence-electron chi connectivity index (χ2n) is 7.40. The summed E-state index contributed by atoms with van der Waals surface area (Å²) in [5, 5.41) is 4.03. The molecule has 0 radical (unpaired) electrons. The van der Waals surface area contributed by atoms with Gasteiger partial charge in [-0.25, -0.2) is 0 Å². The highest BCUT2D eigenvalue weighted by atomic mass is 15.1. The largest absolute Gasteiger partial charge is 0.311 e. The van der Waals surface area contributed by atoms with Crippen LogP contribution in [0.3, 0.4) is 0 Å². The van der Waals surface area contributed by atoms with Crippen LogP contribution in [0.5, 0.6) is 0 Å². The molecular weight excluding hydrogens is 182 g/mol. The first-order valence-corrected chi connectivity index (χ1v) is 7.19. The Bertz CT molecular complexity index is 332. The van der Waals surface area contributed by atoms with Crippen LogP contribution in [0.1, 0.15) is 25.7 Å². The predicted octanol–water partition coefficient (Wildman–Crippen LogP) is 1.88. The summed E-state index contributed by atoms with van der Waals surface area (Å²) in [6.45, 7) is 0. The Labute approximate surface area is 91.0 Å². The molecule has 9 atom stereocenters. The van der Waals surface area contributed by atoms with E-state index in [0.717, 1.165) is 23.9 Å². The van der Waals surface area contributed by atoms with Crippen LogP contribution < -0.4 is 5.32 Å². The minimum atomic E-state index is 0.949. The molecule has 1 nitrogen and oxygen atoms in total. The van der Waals surface area contributed by atoms with Gasteiger partial charge in [0.1, 0.15) is 0 Å². The Morgan fingerprint density at radius 1 is 0.667 bits per heavy atom. The summed E-state index contributed by atoms with van der Waals surface area (Å²) in [7, 11) is 0. The fourth-order valence-corrected chi connectivity index (χ4v) is 7.37. The molecule has 0 spiro atoms. The molecule has 80 valence electrons. The van der Waals surface area contributed by atoms with Crippen LogP contribution >= 0.6 is 0 Å². The SMILES string of the molecule is C1CC1NC1[C@H]2[C@H]3C[C@@H]4[C@@H]5C[C@H]([C@H]1[C@@H]35)[C@@H]42. The molecule has 1 N–H and O–H groups in total. The van der Waals surface area contributed by atoms with E-state index in [2.05, 4.69) is 5.32 Å². The standard InChI is InChI=1S/C14H19N/c1-2-5(1)15-14-12-8-3-6-7-4-9(10(6)12)13(14)11(7)8/h5-15H,1-4H2/t6-,7+,8-,9-,10+,11+,12-,13-,14?/m0/s1. The zero-order valence-electron chi connectivity index (χ0n) is 9.10. The highest BCUT2D eigenvalue weighted by molar-refractivity contribution is 5.29. The first-order chi connectivity index (χ1) is 7.43. The van der Waals surface area contributed by atoms with E-state index in [-0.39, 0.29) is 0 Å². The highest BCUT2D eigenvalue weighted by Gasteiger charge is 2.80. The van der Waals surface area contributed by atoms with Crippen LogP contribution in [-0.2, 0) is 0 Å². The predicted molar refractivity (Wildman–Crippen MR) is 57.1 cm³/mol. The van der Waals surface area contributed by atoms with Crippen molar-refractivity contribution in [2.45, 2.75) is 37.8 Å². The van der Waals surface area contributed by atoms with Gasteiger partial charge in [-0.2, -0.15) is 0 Å². The quantitative estimate of drug-likeness (QED) is 0.719. The van der Waals surface area contributed by atoms with Gasteiger partial charge in [-0.3, -0.25) is 0 Å².